The van der Waals surface area contributed by atoms with Gasteiger partial charge >= 0.3 is 0 Å². The van der Waals surface area contributed by atoms with Crippen molar-refractivity contribution in [3.05, 3.63) is 35.1 Å². The molecule has 0 atom stereocenters. The van der Waals surface area contributed by atoms with E-state index < -0.39 is 0 Å². The normalized spacial score (nSPS) is 10.4. The fraction of sp³-hybridized carbons (Fsp3) is 0. The van der Waals surface area contributed by atoms with E-state index in [2.05, 4.69) is 20.9 Å². The molecular formula is C9H7BrN2. The third-order valence-electron chi connectivity index (χ3n) is 1.78. The van der Waals surface area contributed by atoms with E-state index in [0.29, 0.717) is 0 Å². The molecule has 0 aliphatic heterocycles. The Labute approximate surface area is 78.5 Å². The molecule has 0 bridgehead atoms. The quantitative estimate of drug-likeness (QED) is 0.550. The Bertz CT molecular complexity index is 389. The number of fused-ring (bicyclic) bond motifs is 1. The Morgan fingerprint density at radius 2 is 2.08 bits per heavy atom. The van der Waals surface area contributed by atoms with Crippen LogP contribution in [0, 0.1) is 0 Å². The molecule has 0 aliphatic rings. The van der Waals surface area contributed by atoms with Gasteiger partial charge in [-0.25, -0.2) is 4.98 Å². The van der Waals surface area contributed by atoms with Crippen LogP contribution < -0.4 is 5.73 Å². The monoisotopic (exact) mass is 222 g/mol. The van der Waals surface area contributed by atoms with Crippen molar-refractivity contribution in [2.24, 2.45) is 0 Å². The number of nitrogen functional groups attached to an aromatic ring is 1. The van der Waals surface area contributed by atoms with Crippen LogP contribution in [0.25, 0.3) is 10.8 Å². The summed E-state index contributed by atoms with van der Waals surface area (Å²) in [6, 6.07) is 7.76. The first-order valence-corrected chi connectivity index (χ1v) is 4.37. The van der Waals surface area contributed by atoms with Crippen LogP contribution in [0.4, 0.5) is 5.69 Å². The molecule has 2 rings (SSSR count). The number of hydrogen-bond donors (Lipinski definition) is 1. The van der Waals surface area contributed by atoms with Gasteiger partial charge in [-0.3, -0.25) is 0 Å². The molecular weight excluding hydrogens is 216 g/mol. The molecule has 2 nitrogen and oxygen atoms in total. The molecule has 0 spiro atoms. The number of benzene rings is 1. The second-order valence-corrected chi connectivity index (χ2v) is 3.30. The van der Waals surface area contributed by atoms with Gasteiger partial charge in [-0.05, 0) is 33.4 Å². The van der Waals surface area contributed by atoms with Crippen molar-refractivity contribution in [1.82, 2.24) is 4.98 Å². The van der Waals surface area contributed by atoms with E-state index in [0.717, 1.165) is 21.1 Å². The third kappa shape index (κ3) is 1.06. The predicted octanol–water partition coefficient (Wildman–Crippen LogP) is 2.58. The highest BCUT2D eigenvalue weighted by Gasteiger charge is 2.00. The largest absolute Gasteiger partial charge is 0.398 e. The zero-order chi connectivity index (χ0) is 8.55. The number of pyridine rings is 1. The van der Waals surface area contributed by atoms with Crippen molar-refractivity contribution in [3.8, 4) is 0 Å². The molecule has 3 heteroatoms. The number of nitrogens with two attached hydrogens (primary N) is 1. The van der Waals surface area contributed by atoms with Crippen LogP contribution >= 0.6 is 15.9 Å². The molecule has 1 aromatic heterocycles. The first kappa shape index (κ1) is 7.55. The second-order valence-electron chi connectivity index (χ2n) is 2.55. The average Bonchev–Trinajstić information content (AvgIpc) is 2.04. The van der Waals surface area contributed by atoms with Gasteiger partial charge in [0.25, 0.3) is 0 Å². The summed E-state index contributed by atoms with van der Waals surface area (Å²) in [6.45, 7) is 0. The topological polar surface area (TPSA) is 38.9 Å². The summed E-state index contributed by atoms with van der Waals surface area (Å²) in [7, 11) is 0. The minimum Gasteiger partial charge on any atom is -0.398 e. The van der Waals surface area contributed by atoms with Crippen LogP contribution in [0.5, 0.6) is 0 Å². The van der Waals surface area contributed by atoms with Crippen LogP contribution in [0.1, 0.15) is 0 Å². The predicted molar refractivity (Wildman–Crippen MR) is 53.9 cm³/mol. The second kappa shape index (κ2) is 2.75. The molecule has 1 heterocycles. The summed E-state index contributed by atoms with van der Waals surface area (Å²) in [4.78, 5) is 4.10. The van der Waals surface area contributed by atoms with Crippen LogP contribution in [-0.2, 0) is 0 Å². The lowest BCUT2D eigenvalue weighted by atomic mass is 10.1. The van der Waals surface area contributed by atoms with E-state index in [1.54, 1.807) is 6.20 Å². The summed E-state index contributed by atoms with van der Waals surface area (Å²) < 4.78 is 0.804. The van der Waals surface area contributed by atoms with Gasteiger partial charge in [-0.15, -0.1) is 0 Å². The Balaban J connectivity index is 2.96. The van der Waals surface area contributed by atoms with Crippen LogP contribution in [0.15, 0.2) is 35.1 Å². The van der Waals surface area contributed by atoms with Gasteiger partial charge in [0.1, 0.15) is 4.60 Å². The summed E-state index contributed by atoms with van der Waals surface area (Å²) in [5.74, 6) is 0. The van der Waals surface area contributed by atoms with Gasteiger partial charge in [0.15, 0.2) is 0 Å². The molecule has 12 heavy (non-hydrogen) atoms. The number of hydrogen-bond acceptors (Lipinski definition) is 2. The maximum absolute atomic E-state index is 5.79. The lowest BCUT2D eigenvalue weighted by Gasteiger charge is -2.01. The molecule has 2 aromatic rings. The van der Waals surface area contributed by atoms with E-state index in [-0.39, 0.29) is 0 Å². The van der Waals surface area contributed by atoms with Gasteiger partial charge in [0.2, 0.25) is 0 Å². The van der Waals surface area contributed by atoms with Crippen molar-refractivity contribution >= 4 is 32.4 Å². The maximum atomic E-state index is 5.79. The van der Waals surface area contributed by atoms with E-state index in [1.807, 2.05) is 24.3 Å². The summed E-state index contributed by atoms with van der Waals surface area (Å²) >= 11 is 3.36. The summed E-state index contributed by atoms with van der Waals surface area (Å²) in [6.07, 6.45) is 1.76. The van der Waals surface area contributed by atoms with Gasteiger partial charge in [-0.2, -0.15) is 0 Å². The van der Waals surface area contributed by atoms with Crippen molar-refractivity contribution in [3.63, 3.8) is 0 Å². The Hall–Kier alpha value is -1.09. The standard InChI is InChI=1S/C9H7BrN2/c10-9-8-6(4-5-12-9)2-1-3-7(8)11/h1-5H,11H2. The van der Waals surface area contributed by atoms with Crippen LogP contribution in [0.3, 0.4) is 0 Å². The molecule has 2 N–H and O–H groups in total. The molecule has 60 valence electrons. The highest BCUT2D eigenvalue weighted by Crippen LogP contribution is 2.26. The Morgan fingerprint density at radius 3 is 2.83 bits per heavy atom. The summed E-state index contributed by atoms with van der Waals surface area (Å²) in [5.41, 5.74) is 6.54. The molecule has 0 saturated heterocycles. The van der Waals surface area contributed by atoms with Crippen LogP contribution in [-0.4, -0.2) is 4.98 Å². The zero-order valence-corrected chi connectivity index (χ0v) is 7.88. The first-order chi connectivity index (χ1) is 5.79. The summed E-state index contributed by atoms with van der Waals surface area (Å²) in [5, 5.41) is 2.09. The number of halogens is 1. The van der Waals surface area contributed by atoms with E-state index >= 15 is 0 Å². The fourth-order valence-electron chi connectivity index (χ4n) is 1.21. The van der Waals surface area contributed by atoms with Gasteiger partial charge in [-0.1, -0.05) is 12.1 Å². The number of anilines is 1. The molecule has 1 aromatic carbocycles. The van der Waals surface area contributed by atoms with Crippen molar-refractivity contribution < 1.29 is 0 Å². The van der Waals surface area contributed by atoms with E-state index in [1.165, 1.54) is 0 Å². The van der Waals surface area contributed by atoms with Crippen LogP contribution in [0.2, 0.25) is 0 Å². The maximum Gasteiger partial charge on any atom is 0.115 e. The highest BCUT2D eigenvalue weighted by atomic mass is 79.9. The molecule has 0 amide bonds. The Morgan fingerprint density at radius 1 is 1.25 bits per heavy atom. The van der Waals surface area contributed by atoms with E-state index in [4.69, 9.17) is 5.73 Å². The van der Waals surface area contributed by atoms with E-state index in [9.17, 15) is 0 Å². The average molecular weight is 223 g/mol. The first-order valence-electron chi connectivity index (χ1n) is 3.58. The molecule has 0 radical (unpaired) electrons. The molecule has 0 fully saturated rings. The van der Waals surface area contributed by atoms with Crippen molar-refractivity contribution in [1.29, 1.82) is 0 Å². The van der Waals surface area contributed by atoms with Gasteiger partial charge < -0.3 is 5.73 Å². The molecule has 0 aliphatic carbocycles. The van der Waals surface area contributed by atoms with Gasteiger partial charge in [0, 0.05) is 17.3 Å². The smallest absolute Gasteiger partial charge is 0.115 e. The highest BCUT2D eigenvalue weighted by molar-refractivity contribution is 9.10. The number of rotatable bonds is 0. The fourth-order valence-corrected chi connectivity index (χ4v) is 1.79. The minimum absolute atomic E-state index is 0.757. The van der Waals surface area contributed by atoms with Crippen molar-refractivity contribution in [2.75, 3.05) is 5.73 Å². The zero-order valence-electron chi connectivity index (χ0n) is 6.29. The minimum atomic E-state index is 0.757. The lowest BCUT2D eigenvalue weighted by molar-refractivity contribution is 1.31. The van der Waals surface area contributed by atoms with Crippen molar-refractivity contribution in [2.45, 2.75) is 0 Å². The third-order valence-corrected chi connectivity index (χ3v) is 2.38. The number of nitrogens with zero attached hydrogens (tertiary/aromatic N) is 1. The number of aromatic nitrogens is 1. The lowest BCUT2D eigenvalue weighted by Crippen LogP contribution is -1.88. The SMILES string of the molecule is Nc1cccc2ccnc(Br)c12. The molecule has 0 saturated carbocycles. The van der Waals surface area contributed by atoms with Gasteiger partial charge in [0.05, 0.1) is 0 Å². The Kier molecular flexibility index (Phi) is 1.73. The molecule has 0 unspecified atom stereocenters.